The van der Waals surface area contributed by atoms with Crippen molar-refractivity contribution in [2.24, 2.45) is 0 Å². The number of aliphatic hydroxyl groups excluding tert-OH is 1. The highest BCUT2D eigenvalue weighted by Crippen LogP contribution is 2.34. The van der Waals surface area contributed by atoms with Crippen LogP contribution in [0.25, 0.3) is 10.9 Å². The molecule has 3 aromatic heterocycles. The first-order valence-electron chi connectivity index (χ1n) is 11.7. The van der Waals surface area contributed by atoms with Gasteiger partial charge in [0.25, 0.3) is 0 Å². The average molecular weight is 471 g/mol. The Kier molecular flexibility index (Phi) is 5.76. The molecule has 182 valence electrons. The molecular formula is C23H31FN8O2. The summed E-state index contributed by atoms with van der Waals surface area (Å²) in [6.45, 7) is 7.85. The monoisotopic (exact) mass is 470 g/mol. The molecule has 0 saturated carbocycles. The van der Waals surface area contributed by atoms with Crippen molar-refractivity contribution in [3.63, 3.8) is 0 Å². The van der Waals surface area contributed by atoms with Gasteiger partial charge in [-0.1, -0.05) is 0 Å². The minimum atomic E-state index is -1.32. The smallest absolute Gasteiger partial charge is 0.227 e. The molecule has 2 aliphatic rings. The van der Waals surface area contributed by atoms with Crippen LogP contribution in [0.15, 0.2) is 24.5 Å². The Morgan fingerprint density at radius 3 is 2.74 bits per heavy atom. The standard InChI is InChI=1S/C23H31FN8O2/c1-14(2)32-17-10-20(26-11-15(17)21(29-32)31-9-6-23(3,34)13-31)27-19-4-7-25-22(28-19)30-8-5-18(33)16(24)12-30/h4,7,10-11,14,16,18,33-34H,5-6,8-9,12-13H2,1-3H3,(H,25,26,27,28). The molecule has 3 atom stereocenters. The van der Waals surface area contributed by atoms with Gasteiger partial charge in [0, 0.05) is 44.1 Å². The van der Waals surface area contributed by atoms with Gasteiger partial charge >= 0.3 is 0 Å². The molecule has 11 heteroatoms. The lowest BCUT2D eigenvalue weighted by Gasteiger charge is -2.32. The fourth-order valence-corrected chi connectivity index (χ4v) is 4.61. The molecule has 0 bridgehead atoms. The highest BCUT2D eigenvalue weighted by Gasteiger charge is 2.34. The summed E-state index contributed by atoms with van der Waals surface area (Å²) < 4.78 is 15.9. The van der Waals surface area contributed by atoms with Crippen LogP contribution < -0.4 is 15.1 Å². The van der Waals surface area contributed by atoms with E-state index in [4.69, 9.17) is 5.10 Å². The first-order valence-corrected chi connectivity index (χ1v) is 11.7. The number of alkyl halides is 1. The predicted octanol–water partition coefficient (Wildman–Crippen LogP) is 2.42. The molecular weight excluding hydrogens is 439 g/mol. The summed E-state index contributed by atoms with van der Waals surface area (Å²) in [4.78, 5) is 17.2. The van der Waals surface area contributed by atoms with Crippen LogP contribution in [0.4, 0.5) is 27.8 Å². The zero-order valence-electron chi connectivity index (χ0n) is 19.7. The van der Waals surface area contributed by atoms with E-state index >= 15 is 0 Å². The van der Waals surface area contributed by atoms with Crippen molar-refractivity contribution in [3.05, 3.63) is 24.5 Å². The van der Waals surface area contributed by atoms with Crippen LogP contribution in [-0.4, -0.2) is 79.0 Å². The van der Waals surface area contributed by atoms with Gasteiger partial charge in [0.2, 0.25) is 5.95 Å². The SMILES string of the molecule is CC(C)n1nc(N2CCC(C)(O)C2)c2cnc(Nc3ccnc(N4CCC(O)C(F)C4)n3)cc21. The number of hydrogen-bond acceptors (Lipinski definition) is 9. The molecule has 2 aliphatic heterocycles. The number of halogens is 1. The summed E-state index contributed by atoms with van der Waals surface area (Å²) in [5.41, 5.74) is 0.218. The van der Waals surface area contributed by atoms with Crippen LogP contribution >= 0.6 is 0 Å². The first kappa shape index (κ1) is 22.7. The number of fused-ring (bicyclic) bond motifs is 1. The average Bonchev–Trinajstić information content (AvgIpc) is 3.35. The topological polar surface area (TPSA) is 115 Å². The Labute approximate surface area is 197 Å². The molecule has 0 amide bonds. The lowest BCUT2D eigenvalue weighted by atomic mass is 10.1. The maximum absolute atomic E-state index is 14.0. The van der Waals surface area contributed by atoms with E-state index in [2.05, 4.69) is 39.0 Å². The van der Waals surface area contributed by atoms with Crippen LogP contribution in [0.5, 0.6) is 0 Å². The quantitative estimate of drug-likeness (QED) is 0.517. The molecule has 2 saturated heterocycles. The summed E-state index contributed by atoms with van der Waals surface area (Å²) in [5, 5.41) is 29.1. The summed E-state index contributed by atoms with van der Waals surface area (Å²) >= 11 is 0. The number of pyridine rings is 1. The van der Waals surface area contributed by atoms with Gasteiger partial charge in [0.15, 0.2) is 5.82 Å². The van der Waals surface area contributed by atoms with E-state index in [0.29, 0.717) is 43.5 Å². The van der Waals surface area contributed by atoms with Crippen molar-refractivity contribution in [1.29, 1.82) is 0 Å². The highest BCUT2D eigenvalue weighted by molar-refractivity contribution is 5.92. The second-order valence-electron chi connectivity index (χ2n) is 9.80. The number of rotatable bonds is 5. The summed E-state index contributed by atoms with van der Waals surface area (Å²) in [7, 11) is 0. The van der Waals surface area contributed by atoms with E-state index in [0.717, 1.165) is 23.3 Å². The second kappa shape index (κ2) is 8.62. The van der Waals surface area contributed by atoms with Crippen molar-refractivity contribution >= 4 is 34.3 Å². The summed E-state index contributed by atoms with van der Waals surface area (Å²) in [6.07, 6.45) is 2.21. The zero-order chi connectivity index (χ0) is 24.0. The van der Waals surface area contributed by atoms with Gasteiger partial charge in [0.05, 0.1) is 29.2 Å². The zero-order valence-corrected chi connectivity index (χ0v) is 19.7. The fourth-order valence-electron chi connectivity index (χ4n) is 4.61. The highest BCUT2D eigenvalue weighted by atomic mass is 19.1. The number of piperidine rings is 1. The molecule has 0 radical (unpaired) electrons. The number of nitrogens with one attached hydrogen (secondary N) is 1. The Hall–Kier alpha value is -3.05. The molecule has 2 fully saturated rings. The van der Waals surface area contributed by atoms with E-state index in [1.165, 1.54) is 0 Å². The second-order valence-corrected chi connectivity index (χ2v) is 9.80. The molecule has 0 aliphatic carbocycles. The Bertz CT molecular complexity index is 1180. The largest absolute Gasteiger partial charge is 0.390 e. The van der Waals surface area contributed by atoms with E-state index in [1.54, 1.807) is 23.4 Å². The summed E-state index contributed by atoms with van der Waals surface area (Å²) in [5.74, 6) is 2.40. The van der Waals surface area contributed by atoms with Gasteiger partial charge in [-0.2, -0.15) is 10.1 Å². The molecule has 10 nitrogen and oxygen atoms in total. The molecule has 0 aromatic carbocycles. The minimum Gasteiger partial charge on any atom is -0.390 e. The van der Waals surface area contributed by atoms with Crippen LogP contribution in [0.1, 0.15) is 39.7 Å². The van der Waals surface area contributed by atoms with Gasteiger partial charge in [-0.15, -0.1) is 0 Å². The van der Waals surface area contributed by atoms with Crippen molar-refractivity contribution in [2.45, 2.75) is 57.5 Å². The number of β-amino-alcohol motifs (C(OH)–C–C–N with tert-alkyl or cyclic N) is 1. The summed E-state index contributed by atoms with van der Waals surface area (Å²) in [6, 6.07) is 3.82. The third-order valence-corrected chi connectivity index (χ3v) is 6.50. The Morgan fingerprint density at radius 1 is 1.21 bits per heavy atom. The van der Waals surface area contributed by atoms with Crippen molar-refractivity contribution in [2.75, 3.05) is 41.3 Å². The number of nitrogens with zero attached hydrogens (tertiary/aromatic N) is 7. The molecule has 3 aromatic rings. The van der Waals surface area contributed by atoms with E-state index < -0.39 is 17.9 Å². The van der Waals surface area contributed by atoms with Gasteiger partial charge in [-0.05, 0) is 39.7 Å². The Morgan fingerprint density at radius 2 is 2.03 bits per heavy atom. The third kappa shape index (κ3) is 4.37. The number of anilines is 4. The van der Waals surface area contributed by atoms with Gasteiger partial charge in [-0.25, -0.2) is 14.4 Å². The normalized spacial score (nSPS) is 25.5. The first-order chi connectivity index (χ1) is 16.2. The number of aliphatic hydroxyl groups is 2. The van der Waals surface area contributed by atoms with E-state index in [9.17, 15) is 14.6 Å². The van der Waals surface area contributed by atoms with Crippen molar-refractivity contribution in [1.82, 2.24) is 24.7 Å². The molecule has 34 heavy (non-hydrogen) atoms. The van der Waals surface area contributed by atoms with Gasteiger partial charge in [0.1, 0.15) is 17.8 Å². The molecule has 5 heterocycles. The lowest BCUT2D eigenvalue weighted by Crippen LogP contribution is -2.45. The molecule has 3 unspecified atom stereocenters. The van der Waals surface area contributed by atoms with Gasteiger partial charge < -0.3 is 25.3 Å². The van der Waals surface area contributed by atoms with E-state index in [-0.39, 0.29) is 12.6 Å². The molecule has 5 rings (SSSR count). The molecule has 0 spiro atoms. The van der Waals surface area contributed by atoms with Crippen LogP contribution in [-0.2, 0) is 0 Å². The van der Waals surface area contributed by atoms with Crippen LogP contribution in [0.3, 0.4) is 0 Å². The number of aromatic nitrogens is 5. The predicted molar refractivity (Wildman–Crippen MR) is 128 cm³/mol. The van der Waals surface area contributed by atoms with E-state index in [1.807, 2.05) is 17.7 Å². The maximum Gasteiger partial charge on any atom is 0.227 e. The van der Waals surface area contributed by atoms with Crippen molar-refractivity contribution < 1.29 is 14.6 Å². The fraction of sp³-hybridized carbons (Fsp3) is 0.565. The van der Waals surface area contributed by atoms with Crippen LogP contribution in [0.2, 0.25) is 0 Å². The minimum absolute atomic E-state index is 0.0641. The third-order valence-electron chi connectivity index (χ3n) is 6.50. The molecule has 3 N–H and O–H groups in total. The number of hydrogen-bond donors (Lipinski definition) is 3. The van der Waals surface area contributed by atoms with Crippen LogP contribution in [0, 0.1) is 0 Å². The maximum atomic E-state index is 14.0. The van der Waals surface area contributed by atoms with Gasteiger partial charge in [-0.3, -0.25) is 4.68 Å². The lowest BCUT2D eigenvalue weighted by molar-refractivity contribution is 0.0612. The Balaban J connectivity index is 1.41. The van der Waals surface area contributed by atoms with Crippen molar-refractivity contribution in [3.8, 4) is 0 Å².